The number of benzene rings is 1. The summed E-state index contributed by atoms with van der Waals surface area (Å²) in [6.07, 6.45) is 2.51. The van der Waals surface area contributed by atoms with E-state index in [1.807, 2.05) is 6.07 Å². The van der Waals surface area contributed by atoms with Crippen LogP contribution in [0.2, 0.25) is 0 Å². The van der Waals surface area contributed by atoms with Crippen LogP contribution in [0.4, 0.5) is 11.4 Å². The molecule has 5 heteroatoms. The number of nitro benzene ring substituents is 1. The molecule has 0 saturated heterocycles. The number of hydrogen-bond acceptors (Lipinski definition) is 4. The second-order valence-electron chi connectivity index (χ2n) is 5.91. The Morgan fingerprint density at radius 2 is 2.15 bits per heavy atom. The third kappa shape index (κ3) is 3.70. The second-order valence-corrected chi connectivity index (χ2v) is 5.91. The van der Waals surface area contributed by atoms with Crippen molar-refractivity contribution in [3.8, 4) is 0 Å². The SMILES string of the molecule is CNc1ccc(CN(CC(C)C)C2CC2)cc1[N+](=O)[O-]. The molecule has 0 aromatic heterocycles. The first kappa shape index (κ1) is 14.8. The lowest BCUT2D eigenvalue weighted by atomic mass is 10.1. The lowest BCUT2D eigenvalue weighted by Gasteiger charge is -2.24. The Labute approximate surface area is 120 Å². The van der Waals surface area contributed by atoms with Crippen LogP contribution in [0.5, 0.6) is 0 Å². The van der Waals surface area contributed by atoms with Gasteiger partial charge in [-0.25, -0.2) is 0 Å². The maximum atomic E-state index is 11.1. The lowest BCUT2D eigenvalue weighted by Crippen LogP contribution is -2.29. The molecular formula is C15H23N3O2. The van der Waals surface area contributed by atoms with Crippen LogP contribution in [-0.2, 0) is 6.54 Å². The summed E-state index contributed by atoms with van der Waals surface area (Å²) in [6.45, 7) is 6.27. The molecule has 20 heavy (non-hydrogen) atoms. The maximum Gasteiger partial charge on any atom is 0.292 e. The monoisotopic (exact) mass is 277 g/mol. The average Bonchev–Trinajstić information content (AvgIpc) is 3.21. The third-order valence-electron chi connectivity index (χ3n) is 3.58. The van der Waals surface area contributed by atoms with Crippen LogP contribution in [0.1, 0.15) is 32.3 Å². The van der Waals surface area contributed by atoms with E-state index in [4.69, 9.17) is 0 Å². The number of hydrogen-bond donors (Lipinski definition) is 1. The van der Waals surface area contributed by atoms with Crippen LogP contribution in [0.3, 0.4) is 0 Å². The molecule has 0 heterocycles. The van der Waals surface area contributed by atoms with Crippen LogP contribution >= 0.6 is 0 Å². The fraction of sp³-hybridized carbons (Fsp3) is 0.600. The molecule has 0 radical (unpaired) electrons. The van der Waals surface area contributed by atoms with Gasteiger partial charge in [0.25, 0.3) is 5.69 Å². The third-order valence-corrected chi connectivity index (χ3v) is 3.58. The van der Waals surface area contributed by atoms with E-state index in [1.165, 1.54) is 12.8 Å². The molecule has 5 nitrogen and oxygen atoms in total. The molecule has 110 valence electrons. The van der Waals surface area contributed by atoms with Crippen molar-refractivity contribution in [1.29, 1.82) is 0 Å². The molecule has 0 atom stereocenters. The fourth-order valence-electron chi connectivity index (χ4n) is 2.52. The van der Waals surface area contributed by atoms with Crippen LogP contribution in [0.15, 0.2) is 18.2 Å². The Morgan fingerprint density at radius 1 is 1.45 bits per heavy atom. The minimum Gasteiger partial charge on any atom is -0.383 e. The van der Waals surface area contributed by atoms with E-state index in [1.54, 1.807) is 19.2 Å². The van der Waals surface area contributed by atoms with Crippen LogP contribution in [0, 0.1) is 16.0 Å². The van der Waals surface area contributed by atoms with Gasteiger partial charge < -0.3 is 5.32 Å². The van der Waals surface area contributed by atoms with Gasteiger partial charge in [0.15, 0.2) is 0 Å². The summed E-state index contributed by atoms with van der Waals surface area (Å²) in [5.74, 6) is 0.613. The zero-order valence-corrected chi connectivity index (χ0v) is 12.4. The maximum absolute atomic E-state index is 11.1. The smallest absolute Gasteiger partial charge is 0.292 e. The number of nitrogens with zero attached hydrogens (tertiary/aromatic N) is 2. The zero-order valence-electron chi connectivity index (χ0n) is 12.4. The molecule has 0 amide bonds. The van der Waals surface area contributed by atoms with E-state index >= 15 is 0 Å². The topological polar surface area (TPSA) is 58.4 Å². The minimum absolute atomic E-state index is 0.158. The summed E-state index contributed by atoms with van der Waals surface area (Å²) < 4.78 is 0. The van der Waals surface area contributed by atoms with E-state index in [0.717, 1.165) is 18.7 Å². The molecule has 1 N–H and O–H groups in total. The van der Waals surface area contributed by atoms with Gasteiger partial charge in [0.1, 0.15) is 5.69 Å². The summed E-state index contributed by atoms with van der Waals surface area (Å²) >= 11 is 0. The largest absolute Gasteiger partial charge is 0.383 e. The van der Waals surface area contributed by atoms with Crippen molar-refractivity contribution in [3.63, 3.8) is 0 Å². The van der Waals surface area contributed by atoms with E-state index < -0.39 is 0 Å². The summed E-state index contributed by atoms with van der Waals surface area (Å²) in [5, 5.41) is 14.0. The second kappa shape index (κ2) is 6.22. The van der Waals surface area contributed by atoms with Crippen molar-refractivity contribution in [3.05, 3.63) is 33.9 Å². The number of anilines is 1. The van der Waals surface area contributed by atoms with Crippen molar-refractivity contribution in [2.24, 2.45) is 5.92 Å². The van der Waals surface area contributed by atoms with Gasteiger partial charge in [0.05, 0.1) is 4.92 Å². The molecule has 1 saturated carbocycles. The Kier molecular flexibility index (Phi) is 4.60. The van der Waals surface area contributed by atoms with Crippen LogP contribution in [-0.4, -0.2) is 29.5 Å². The predicted molar refractivity (Wildman–Crippen MR) is 80.9 cm³/mol. The highest BCUT2D eigenvalue weighted by Crippen LogP contribution is 2.31. The molecule has 1 aromatic carbocycles. The van der Waals surface area contributed by atoms with Crippen molar-refractivity contribution < 1.29 is 4.92 Å². The summed E-state index contributed by atoms with van der Waals surface area (Å²) in [4.78, 5) is 13.2. The van der Waals surface area contributed by atoms with Crippen molar-refractivity contribution in [1.82, 2.24) is 4.90 Å². The van der Waals surface area contributed by atoms with Crippen LogP contribution in [0.25, 0.3) is 0 Å². The van der Waals surface area contributed by atoms with Gasteiger partial charge in [-0.1, -0.05) is 19.9 Å². The highest BCUT2D eigenvalue weighted by molar-refractivity contribution is 5.62. The molecule has 2 rings (SSSR count). The standard InChI is InChI=1S/C15H23N3O2/c1-11(2)9-17(13-5-6-13)10-12-4-7-14(16-3)15(8-12)18(19)20/h4,7-8,11,13,16H,5-6,9-10H2,1-3H3. The first-order valence-corrected chi connectivity index (χ1v) is 7.20. The summed E-state index contributed by atoms with van der Waals surface area (Å²) in [7, 11) is 1.71. The molecule has 0 aliphatic heterocycles. The molecule has 1 fully saturated rings. The van der Waals surface area contributed by atoms with Gasteiger partial charge in [-0.15, -0.1) is 0 Å². The highest BCUT2D eigenvalue weighted by Gasteiger charge is 2.29. The van der Waals surface area contributed by atoms with Crippen molar-refractivity contribution in [2.75, 3.05) is 18.9 Å². The first-order valence-electron chi connectivity index (χ1n) is 7.20. The Bertz CT molecular complexity index is 484. The molecule has 1 aliphatic carbocycles. The van der Waals surface area contributed by atoms with E-state index in [2.05, 4.69) is 24.1 Å². The summed E-state index contributed by atoms with van der Waals surface area (Å²) in [6, 6.07) is 6.14. The average molecular weight is 277 g/mol. The molecule has 0 unspecified atom stereocenters. The zero-order chi connectivity index (χ0) is 14.7. The predicted octanol–water partition coefficient (Wildman–Crippen LogP) is 3.26. The molecule has 0 bridgehead atoms. The number of rotatable bonds is 7. The van der Waals surface area contributed by atoms with Gasteiger partial charge in [0.2, 0.25) is 0 Å². The van der Waals surface area contributed by atoms with E-state index in [9.17, 15) is 10.1 Å². The highest BCUT2D eigenvalue weighted by atomic mass is 16.6. The number of nitro groups is 1. The van der Waals surface area contributed by atoms with Gasteiger partial charge in [-0.3, -0.25) is 15.0 Å². The lowest BCUT2D eigenvalue weighted by molar-refractivity contribution is -0.384. The quantitative estimate of drug-likeness (QED) is 0.614. The fourth-order valence-corrected chi connectivity index (χ4v) is 2.52. The van der Waals surface area contributed by atoms with Gasteiger partial charge >= 0.3 is 0 Å². The minimum atomic E-state index is -0.320. The first-order chi connectivity index (χ1) is 9.51. The van der Waals surface area contributed by atoms with E-state index in [0.29, 0.717) is 17.6 Å². The van der Waals surface area contributed by atoms with Crippen molar-refractivity contribution in [2.45, 2.75) is 39.3 Å². The van der Waals surface area contributed by atoms with Crippen molar-refractivity contribution >= 4 is 11.4 Å². The van der Waals surface area contributed by atoms with Gasteiger partial charge in [-0.05, 0) is 30.4 Å². The number of nitrogens with one attached hydrogen (secondary N) is 1. The normalized spacial score (nSPS) is 14.8. The Balaban J connectivity index is 2.15. The van der Waals surface area contributed by atoms with E-state index in [-0.39, 0.29) is 10.6 Å². The Hall–Kier alpha value is -1.62. The Morgan fingerprint density at radius 3 is 2.65 bits per heavy atom. The summed E-state index contributed by atoms with van der Waals surface area (Å²) in [5.41, 5.74) is 1.74. The molecule has 0 spiro atoms. The van der Waals surface area contributed by atoms with Gasteiger partial charge in [0, 0.05) is 32.2 Å². The molecule has 1 aromatic rings. The van der Waals surface area contributed by atoms with Crippen LogP contribution < -0.4 is 5.32 Å². The van der Waals surface area contributed by atoms with Gasteiger partial charge in [-0.2, -0.15) is 0 Å². The molecular weight excluding hydrogens is 254 g/mol. The molecule has 1 aliphatic rings.